The number of benzene rings is 3. The Kier molecular flexibility index (Phi) is 7.27. The summed E-state index contributed by atoms with van der Waals surface area (Å²) in [5, 5.41) is 8.18. The highest BCUT2D eigenvalue weighted by atomic mass is 35.5. The number of hydrogen-bond acceptors (Lipinski definition) is 4. The fourth-order valence-corrected chi connectivity index (χ4v) is 6.44. The van der Waals surface area contributed by atoms with E-state index in [0.29, 0.717) is 48.9 Å². The minimum absolute atomic E-state index is 0.0842. The molecule has 3 aromatic rings. The van der Waals surface area contributed by atoms with Crippen molar-refractivity contribution in [2.24, 2.45) is 5.10 Å². The lowest BCUT2D eigenvalue weighted by Gasteiger charge is -2.25. The van der Waals surface area contributed by atoms with Crippen LogP contribution in [-0.4, -0.2) is 20.7 Å². The van der Waals surface area contributed by atoms with E-state index in [9.17, 15) is 8.42 Å². The van der Waals surface area contributed by atoms with Gasteiger partial charge in [-0.3, -0.25) is 5.01 Å². The SMILES string of the molecule is Cc1cc(C)c(S(=O)(=O)NCC2=NN(c3ccc(Cl)cc3Cl)C(c3ccc(Cl)cc3)C2)c(C)c1. The van der Waals surface area contributed by atoms with Crippen LogP contribution in [0.1, 0.15) is 34.7 Å². The first-order valence-electron chi connectivity index (χ1n) is 10.7. The van der Waals surface area contributed by atoms with Gasteiger partial charge in [0.25, 0.3) is 0 Å². The van der Waals surface area contributed by atoms with Gasteiger partial charge in [-0.2, -0.15) is 5.10 Å². The summed E-state index contributed by atoms with van der Waals surface area (Å²) < 4.78 is 29.0. The average molecular weight is 537 g/mol. The lowest BCUT2D eigenvalue weighted by molar-refractivity contribution is 0.585. The molecule has 1 aliphatic rings. The normalized spacial score (nSPS) is 16.1. The summed E-state index contributed by atoms with van der Waals surface area (Å²) in [6, 6.07) is 16.3. The number of nitrogens with one attached hydrogen (secondary N) is 1. The molecular weight excluding hydrogens is 513 g/mol. The fourth-order valence-electron chi connectivity index (χ4n) is 4.35. The highest BCUT2D eigenvalue weighted by molar-refractivity contribution is 7.89. The first kappa shape index (κ1) is 25.0. The van der Waals surface area contributed by atoms with E-state index in [1.54, 1.807) is 12.1 Å². The Labute approximate surface area is 215 Å². The Morgan fingerprint density at radius 1 is 0.941 bits per heavy atom. The molecule has 0 spiro atoms. The number of rotatable bonds is 6. The predicted molar refractivity (Wildman–Crippen MR) is 141 cm³/mol. The summed E-state index contributed by atoms with van der Waals surface area (Å²) in [5.41, 5.74) is 4.82. The van der Waals surface area contributed by atoms with Crippen LogP contribution in [0.15, 0.2) is 64.6 Å². The first-order chi connectivity index (χ1) is 16.0. The smallest absolute Gasteiger partial charge is 0.241 e. The minimum atomic E-state index is -3.72. The van der Waals surface area contributed by atoms with Crippen LogP contribution in [0.3, 0.4) is 0 Å². The molecule has 0 saturated carbocycles. The molecule has 3 aromatic carbocycles. The molecule has 1 heterocycles. The molecule has 4 rings (SSSR count). The lowest BCUT2D eigenvalue weighted by atomic mass is 10.0. The second kappa shape index (κ2) is 9.88. The summed E-state index contributed by atoms with van der Waals surface area (Å²) in [6.45, 7) is 5.65. The van der Waals surface area contributed by atoms with Crippen LogP contribution in [0, 0.1) is 20.8 Å². The van der Waals surface area contributed by atoms with Gasteiger partial charge >= 0.3 is 0 Å². The summed E-state index contributed by atoms with van der Waals surface area (Å²) in [4.78, 5) is 0.309. The zero-order chi connectivity index (χ0) is 24.6. The number of hydrogen-bond donors (Lipinski definition) is 1. The Balaban J connectivity index is 1.63. The Morgan fingerprint density at radius 3 is 2.18 bits per heavy atom. The van der Waals surface area contributed by atoms with Crippen LogP contribution in [0.25, 0.3) is 0 Å². The average Bonchev–Trinajstić information content (AvgIpc) is 3.16. The van der Waals surface area contributed by atoms with Gasteiger partial charge in [0.15, 0.2) is 0 Å². The quantitative estimate of drug-likeness (QED) is 0.374. The molecule has 0 bridgehead atoms. The Hall–Kier alpha value is -2.09. The number of halogens is 3. The van der Waals surface area contributed by atoms with Crippen molar-refractivity contribution in [3.05, 3.63) is 91.9 Å². The van der Waals surface area contributed by atoms with Gasteiger partial charge in [0.1, 0.15) is 0 Å². The van der Waals surface area contributed by atoms with Crippen LogP contribution < -0.4 is 9.73 Å². The highest BCUT2D eigenvalue weighted by Crippen LogP contribution is 2.39. The third-order valence-corrected chi connectivity index (χ3v) is 8.22. The molecule has 0 aromatic heterocycles. The Bertz CT molecular complexity index is 1350. The molecule has 0 amide bonds. The van der Waals surface area contributed by atoms with Gasteiger partial charge < -0.3 is 0 Å². The molecule has 178 valence electrons. The monoisotopic (exact) mass is 535 g/mol. The van der Waals surface area contributed by atoms with Crippen LogP contribution >= 0.6 is 34.8 Å². The maximum atomic E-state index is 13.1. The molecule has 0 fully saturated rings. The summed E-state index contributed by atoms with van der Waals surface area (Å²) >= 11 is 18.7. The third kappa shape index (κ3) is 5.26. The summed E-state index contributed by atoms with van der Waals surface area (Å²) in [5.74, 6) is 0. The maximum Gasteiger partial charge on any atom is 0.241 e. The number of aryl methyl sites for hydroxylation is 3. The zero-order valence-corrected chi connectivity index (χ0v) is 22.0. The van der Waals surface area contributed by atoms with Gasteiger partial charge in [0.2, 0.25) is 10.0 Å². The van der Waals surface area contributed by atoms with Crippen LogP contribution in [-0.2, 0) is 10.0 Å². The van der Waals surface area contributed by atoms with Crippen molar-refractivity contribution < 1.29 is 8.42 Å². The second-order valence-corrected chi connectivity index (χ2v) is 11.4. The van der Waals surface area contributed by atoms with Crippen molar-refractivity contribution in [1.82, 2.24) is 4.72 Å². The third-order valence-electron chi connectivity index (χ3n) is 5.72. The number of anilines is 1. The fraction of sp³-hybridized carbons (Fsp3) is 0.240. The molecule has 0 aliphatic carbocycles. The van der Waals surface area contributed by atoms with Crippen molar-refractivity contribution in [3.63, 3.8) is 0 Å². The van der Waals surface area contributed by atoms with Crippen molar-refractivity contribution >= 4 is 56.2 Å². The molecule has 34 heavy (non-hydrogen) atoms. The molecule has 1 N–H and O–H groups in total. The molecule has 9 heteroatoms. The number of nitrogens with zero attached hydrogens (tertiary/aromatic N) is 2. The molecular formula is C25H24Cl3N3O2S. The van der Waals surface area contributed by atoms with Gasteiger partial charge in [0, 0.05) is 16.5 Å². The minimum Gasteiger partial charge on any atom is -0.256 e. The standard InChI is InChI=1S/C25H24Cl3N3O2S/c1-15-10-16(2)25(17(3)11-15)34(32,33)29-14-21-13-24(18-4-6-19(26)7-5-18)31(30-21)23-9-8-20(27)12-22(23)28/h4-12,24,29H,13-14H2,1-3H3. The van der Waals surface area contributed by atoms with Crippen molar-refractivity contribution in [1.29, 1.82) is 0 Å². The van der Waals surface area contributed by atoms with Gasteiger partial charge in [-0.25, -0.2) is 13.1 Å². The molecule has 5 nitrogen and oxygen atoms in total. The summed E-state index contributed by atoms with van der Waals surface area (Å²) in [6.07, 6.45) is 0.523. The van der Waals surface area contributed by atoms with E-state index < -0.39 is 10.0 Å². The molecule has 0 radical (unpaired) electrons. The first-order valence-corrected chi connectivity index (χ1v) is 13.3. The summed E-state index contributed by atoms with van der Waals surface area (Å²) in [7, 11) is -3.72. The molecule has 1 atom stereocenters. The lowest BCUT2D eigenvalue weighted by Crippen LogP contribution is -2.30. The number of sulfonamides is 1. The van der Waals surface area contributed by atoms with Crippen molar-refractivity contribution in [2.75, 3.05) is 11.6 Å². The van der Waals surface area contributed by atoms with E-state index >= 15 is 0 Å². The van der Waals surface area contributed by atoms with Gasteiger partial charge in [-0.1, -0.05) is 64.6 Å². The molecule has 1 aliphatic heterocycles. The molecule has 1 unspecified atom stereocenters. The van der Waals surface area contributed by atoms with E-state index in [1.165, 1.54) is 0 Å². The van der Waals surface area contributed by atoms with Gasteiger partial charge in [-0.15, -0.1) is 0 Å². The van der Waals surface area contributed by atoms with Crippen LogP contribution in [0.2, 0.25) is 15.1 Å². The van der Waals surface area contributed by atoms with E-state index in [1.807, 2.05) is 68.2 Å². The Morgan fingerprint density at radius 2 is 1.56 bits per heavy atom. The van der Waals surface area contributed by atoms with E-state index in [4.69, 9.17) is 39.9 Å². The predicted octanol–water partition coefficient (Wildman–Crippen LogP) is 6.86. The largest absolute Gasteiger partial charge is 0.256 e. The van der Waals surface area contributed by atoms with Gasteiger partial charge in [0.05, 0.1) is 33.9 Å². The topological polar surface area (TPSA) is 61.8 Å². The van der Waals surface area contributed by atoms with E-state index in [0.717, 1.165) is 11.1 Å². The van der Waals surface area contributed by atoms with E-state index in [-0.39, 0.29) is 12.6 Å². The van der Waals surface area contributed by atoms with Crippen molar-refractivity contribution in [3.8, 4) is 0 Å². The number of hydrazone groups is 1. The van der Waals surface area contributed by atoms with Crippen LogP contribution in [0.4, 0.5) is 5.69 Å². The van der Waals surface area contributed by atoms with Crippen LogP contribution in [0.5, 0.6) is 0 Å². The molecule has 0 saturated heterocycles. The second-order valence-electron chi connectivity index (χ2n) is 8.43. The maximum absolute atomic E-state index is 13.1. The van der Waals surface area contributed by atoms with Gasteiger partial charge in [-0.05, 0) is 67.8 Å². The van der Waals surface area contributed by atoms with Crippen molar-refractivity contribution in [2.45, 2.75) is 38.1 Å². The zero-order valence-electron chi connectivity index (χ0n) is 18.9. The van der Waals surface area contributed by atoms with E-state index in [2.05, 4.69) is 4.72 Å². The highest BCUT2D eigenvalue weighted by Gasteiger charge is 2.31.